The number of hydrogen-bond donors (Lipinski definition) is 2. The molecule has 0 bridgehead atoms. The van der Waals surface area contributed by atoms with Gasteiger partial charge in [0.1, 0.15) is 0 Å². The van der Waals surface area contributed by atoms with E-state index in [0.29, 0.717) is 0 Å². The second-order valence-corrected chi connectivity index (χ2v) is 4.49. The van der Waals surface area contributed by atoms with E-state index in [1.165, 1.54) is 5.56 Å². The molecule has 4 heteroatoms. The normalized spacial score (nSPS) is 10.6. The van der Waals surface area contributed by atoms with Crippen molar-refractivity contribution in [3.05, 3.63) is 45.9 Å². The molecule has 16 heavy (non-hydrogen) atoms. The van der Waals surface area contributed by atoms with Gasteiger partial charge in [0.05, 0.1) is 11.2 Å². The van der Waals surface area contributed by atoms with E-state index in [9.17, 15) is 0 Å². The molecule has 1 heterocycles. The van der Waals surface area contributed by atoms with Crippen LogP contribution in [0.1, 0.15) is 16.8 Å². The molecule has 0 aliphatic heterocycles. The molecule has 0 unspecified atom stereocenters. The molecule has 0 spiro atoms. The zero-order valence-corrected chi connectivity index (χ0v) is 10.1. The van der Waals surface area contributed by atoms with E-state index in [-0.39, 0.29) is 0 Å². The summed E-state index contributed by atoms with van der Waals surface area (Å²) in [5.74, 6) is 0. The van der Waals surface area contributed by atoms with Gasteiger partial charge < -0.3 is 11.1 Å². The predicted octanol–water partition coefficient (Wildman–Crippen LogP) is 2.32. The summed E-state index contributed by atoms with van der Waals surface area (Å²) in [6.45, 7) is 3.64. The van der Waals surface area contributed by atoms with Crippen LogP contribution in [0, 0.1) is 6.92 Å². The summed E-state index contributed by atoms with van der Waals surface area (Å²) in [5, 5.41) is 5.39. The topological polar surface area (TPSA) is 50.9 Å². The van der Waals surface area contributed by atoms with Gasteiger partial charge in [-0.3, -0.25) is 0 Å². The fraction of sp³-hybridized carbons (Fsp3) is 0.250. The lowest BCUT2D eigenvalue weighted by atomic mass is 10.1. The Bertz CT molecular complexity index is 451. The van der Waals surface area contributed by atoms with Crippen molar-refractivity contribution in [3.8, 4) is 0 Å². The second kappa shape index (κ2) is 5.09. The molecule has 1 aromatic carbocycles. The maximum Gasteiger partial charge on any atom is 0.0795 e. The molecule has 0 aliphatic carbocycles. The first-order chi connectivity index (χ1) is 7.75. The minimum atomic E-state index is 0.803. The lowest BCUT2D eigenvalue weighted by molar-refractivity contribution is 0.683. The molecule has 0 radical (unpaired) electrons. The summed E-state index contributed by atoms with van der Waals surface area (Å²) in [4.78, 5) is 4.21. The lowest BCUT2D eigenvalue weighted by Gasteiger charge is -2.06. The SMILES string of the molecule is Cc1ccc(CNCc2cscn2)cc1N. The summed E-state index contributed by atoms with van der Waals surface area (Å²) in [5.41, 5.74) is 12.0. The molecular weight excluding hydrogens is 218 g/mol. The van der Waals surface area contributed by atoms with Crippen molar-refractivity contribution in [2.24, 2.45) is 0 Å². The number of aryl methyl sites for hydroxylation is 1. The van der Waals surface area contributed by atoms with Crippen molar-refractivity contribution in [2.45, 2.75) is 20.0 Å². The Kier molecular flexibility index (Phi) is 3.54. The van der Waals surface area contributed by atoms with Gasteiger partial charge in [-0.25, -0.2) is 4.98 Å². The Morgan fingerprint density at radius 3 is 2.94 bits per heavy atom. The quantitative estimate of drug-likeness (QED) is 0.797. The summed E-state index contributed by atoms with van der Waals surface area (Å²) in [6, 6.07) is 6.16. The van der Waals surface area contributed by atoms with Crippen LogP contribution in [0.5, 0.6) is 0 Å². The van der Waals surface area contributed by atoms with E-state index >= 15 is 0 Å². The van der Waals surface area contributed by atoms with Crippen molar-refractivity contribution < 1.29 is 0 Å². The number of rotatable bonds is 4. The average molecular weight is 233 g/mol. The number of nitrogens with zero attached hydrogens (tertiary/aromatic N) is 1. The van der Waals surface area contributed by atoms with Gasteiger partial charge in [-0.1, -0.05) is 12.1 Å². The summed E-state index contributed by atoms with van der Waals surface area (Å²) in [7, 11) is 0. The maximum atomic E-state index is 5.85. The minimum absolute atomic E-state index is 0.803. The van der Waals surface area contributed by atoms with Crippen molar-refractivity contribution >= 4 is 17.0 Å². The molecule has 0 atom stereocenters. The molecule has 3 N–H and O–H groups in total. The number of thiazole rings is 1. The lowest BCUT2D eigenvalue weighted by Crippen LogP contribution is -2.13. The number of nitrogens with one attached hydrogen (secondary N) is 1. The maximum absolute atomic E-state index is 5.85. The molecule has 0 fully saturated rings. The molecule has 84 valence electrons. The molecule has 2 aromatic rings. The van der Waals surface area contributed by atoms with Crippen molar-refractivity contribution in [3.63, 3.8) is 0 Å². The molecular formula is C12H15N3S. The smallest absolute Gasteiger partial charge is 0.0795 e. The standard InChI is InChI=1S/C12H15N3S/c1-9-2-3-10(4-12(9)13)5-14-6-11-7-16-8-15-11/h2-4,7-8,14H,5-6,13H2,1H3. The Morgan fingerprint density at radius 1 is 1.38 bits per heavy atom. The molecule has 3 nitrogen and oxygen atoms in total. The van der Waals surface area contributed by atoms with E-state index in [1.54, 1.807) is 11.3 Å². The van der Waals surface area contributed by atoms with Crippen LogP contribution in [0.15, 0.2) is 29.1 Å². The van der Waals surface area contributed by atoms with Gasteiger partial charge in [-0.05, 0) is 24.1 Å². The first kappa shape index (κ1) is 11.1. The van der Waals surface area contributed by atoms with Gasteiger partial charge >= 0.3 is 0 Å². The number of nitrogens with two attached hydrogens (primary N) is 1. The van der Waals surface area contributed by atoms with E-state index < -0.39 is 0 Å². The zero-order chi connectivity index (χ0) is 11.4. The van der Waals surface area contributed by atoms with Crippen LogP contribution in [-0.2, 0) is 13.1 Å². The monoisotopic (exact) mass is 233 g/mol. The molecule has 0 saturated heterocycles. The van der Waals surface area contributed by atoms with Gasteiger partial charge in [0.2, 0.25) is 0 Å². The summed E-state index contributed by atoms with van der Waals surface area (Å²) in [6.07, 6.45) is 0. The third-order valence-corrected chi connectivity index (χ3v) is 3.10. The summed E-state index contributed by atoms with van der Waals surface area (Å²) < 4.78 is 0. The van der Waals surface area contributed by atoms with Crippen LogP contribution in [0.3, 0.4) is 0 Å². The van der Waals surface area contributed by atoms with Crippen LogP contribution in [0.25, 0.3) is 0 Å². The van der Waals surface area contributed by atoms with E-state index in [1.807, 2.05) is 18.5 Å². The fourth-order valence-electron chi connectivity index (χ4n) is 1.46. The van der Waals surface area contributed by atoms with E-state index in [2.05, 4.69) is 27.8 Å². The average Bonchev–Trinajstić information content (AvgIpc) is 2.76. The van der Waals surface area contributed by atoms with Gasteiger partial charge in [0.25, 0.3) is 0 Å². The highest BCUT2D eigenvalue weighted by molar-refractivity contribution is 7.07. The van der Waals surface area contributed by atoms with Crippen molar-refractivity contribution in [1.29, 1.82) is 0 Å². The highest BCUT2D eigenvalue weighted by Gasteiger charge is 1.98. The van der Waals surface area contributed by atoms with Crippen molar-refractivity contribution in [2.75, 3.05) is 5.73 Å². The van der Waals surface area contributed by atoms with E-state index in [4.69, 9.17) is 5.73 Å². The van der Waals surface area contributed by atoms with Crippen LogP contribution < -0.4 is 11.1 Å². The summed E-state index contributed by atoms with van der Waals surface area (Å²) >= 11 is 1.62. The predicted molar refractivity (Wildman–Crippen MR) is 68.2 cm³/mol. The van der Waals surface area contributed by atoms with Gasteiger partial charge in [0.15, 0.2) is 0 Å². The van der Waals surface area contributed by atoms with Crippen molar-refractivity contribution in [1.82, 2.24) is 10.3 Å². The van der Waals surface area contributed by atoms with E-state index in [0.717, 1.165) is 30.0 Å². The molecule has 0 amide bonds. The number of benzene rings is 1. The molecule has 1 aromatic heterocycles. The number of anilines is 1. The van der Waals surface area contributed by atoms with Gasteiger partial charge in [0, 0.05) is 24.2 Å². The fourth-order valence-corrected chi connectivity index (χ4v) is 2.02. The third kappa shape index (κ3) is 2.81. The Morgan fingerprint density at radius 2 is 2.25 bits per heavy atom. The minimum Gasteiger partial charge on any atom is -0.399 e. The zero-order valence-electron chi connectivity index (χ0n) is 9.23. The molecule has 2 rings (SSSR count). The largest absolute Gasteiger partial charge is 0.399 e. The second-order valence-electron chi connectivity index (χ2n) is 3.77. The first-order valence-corrected chi connectivity index (χ1v) is 6.13. The molecule has 0 saturated carbocycles. The first-order valence-electron chi connectivity index (χ1n) is 5.18. The highest BCUT2D eigenvalue weighted by Crippen LogP contribution is 2.12. The van der Waals surface area contributed by atoms with Crippen LogP contribution in [-0.4, -0.2) is 4.98 Å². The van der Waals surface area contributed by atoms with Crippen LogP contribution >= 0.6 is 11.3 Å². The Balaban J connectivity index is 1.87. The Hall–Kier alpha value is -1.39. The molecule has 0 aliphatic rings. The highest BCUT2D eigenvalue weighted by atomic mass is 32.1. The third-order valence-electron chi connectivity index (χ3n) is 2.46. The number of aromatic nitrogens is 1. The van der Waals surface area contributed by atoms with Crippen LogP contribution in [0.4, 0.5) is 5.69 Å². The van der Waals surface area contributed by atoms with Gasteiger partial charge in [-0.2, -0.15) is 0 Å². The van der Waals surface area contributed by atoms with Gasteiger partial charge in [-0.15, -0.1) is 11.3 Å². The number of hydrogen-bond acceptors (Lipinski definition) is 4. The number of nitrogen functional groups attached to an aromatic ring is 1. The Labute approximate surface area is 99.3 Å². The van der Waals surface area contributed by atoms with Crippen LogP contribution in [0.2, 0.25) is 0 Å².